The molecule has 1 saturated heterocycles. The number of carbonyl (C=O) groups is 2. The van der Waals surface area contributed by atoms with Crippen LogP contribution < -0.4 is 10.6 Å². The van der Waals surface area contributed by atoms with Gasteiger partial charge in [-0.05, 0) is 33.6 Å². The summed E-state index contributed by atoms with van der Waals surface area (Å²) in [7, 11) is 0. The number of nitrogens with one attached hydrogen (secondary N) is 2. The average molecular weight is 256 g/mol. The van der Waals surface area contributed by atoms with Gasteiger partial charge in [-0.3, -0.25) is 0 Å². The van der Waals surface area contributed by atoms with Crippen LogP contribution in [0.15, 0.2) is 0 Å². The van der Waals surface area contributed by atoms with E-state index in [9.17, 15) is 9.59 Å². The highest BCUT2D eigenvalue weighted by atomic mass is 16.6. The molecule has 0 aromatic heterocycles. The molecule has 3 atom stereocenters. The van der Waals surface area contributed by atoms with E-state index in [4.69, 9.17) is 9.47 Å². The SMILES string of the molecule is CC(C)(C)OC(=O)N[C@H]1CC[C@@H]2NC(=O)O[C@@H]2C1. The number of hydrogen-bond donors (Lipinski definition) is 2. The minimum absolute atomic E-state index is 0.00815. The zero-order valence-corrected chi connectivity index (χ0v) is 11.0. The van der Waals surface area contributed by atoms with Gasteiger partial charge >= 0.3 is 12.2 Å². The number of amides is 2. The van der Waals surface area contributed by atoms with Crippen molar-refractivity contribution in [3.8, 4) is 0 Å². The van der Waals surface area contributed by atoms with E-state index in [1.165, 1.54) is 0 Å². The highest BCUT2D eigenvalue weighted by molar-refractivity contribution is 5.70. The molecule has 2 fully saturated rings. The van der Waals surface area contributed by atoms with Crippen molar-refractivity contribution in [1.29, 1.82) is 0 Å². The summed E-state index contributed by atoms with van der Waals surface area (Å²) in [5, 5.41) is 5.59. The second-order valence-corrected chi connectivity index (χ2v) is 5.85. The van der Waals surface area contributed by atoms with Crippen molar-refractivity contribution in [1.82, 2.24) is 10.6 Å². The minimum atomic E-state index is -0.497. The Kier molecular flexibility index (Phi) is 3.36. The van der Waals surface area contributed by atoms with E-state index in [-0.39, 0.29) is 24.3 Å². The number of fused-ring (bicyclic) bond motifs is 1. The van der Waals surface area contributed by atoms with Gasteiger partial charge in [0, 0.05) is 12.5 Å². The molecule has 1 saturated carbocycles. The third-order valence-corrected chi connectivity index (χ3v) is 3.07. The minimum Gasteiger partial charge on any atom is -0.444 e. The predicted molar refractivity (Wildman–Crippen MR) is 64.2 cm³/mol. The molecule has 2 aliphatic rings. The molecule has 2 rings (SSSR count). The number of rotatable bonds is 1. The molecule has 0 spiro atoms. The fraction of sp³-hybridized carbons (Fsp3) is 0.833. The molecular formula is C12H20N2O4. The Hall–Kier alpha value is -1.46. The van der Waals surface area contributed by atoms with Crippen molar-refractivity contribution >= 4 is 12.2 Å². The normalized spacial score (nSPS) is 31.1. The summed E-state index contributed by atoms with van der Waals surface area (Å²) in [5.74, 6) is 0. The molecule has 18 heavy (non-hydrogen) atoms. The Balaban J connectivity index is 1.81. The molecule has 0 unspecified atom stereocenters. The van der Waals surface area contributed by atoms with Gasteiger partial charge in [0.2, 0.25) is 0 Å². The summed E-state index contributed by atoms with van der Waals surface area (Å²) in [6.07, 6.45) is 1.38. The lowest BCUT2D eigenvalue weighted by atomic mass is 9.89. The first-order valence-corrected chi connectivity index (χ1v) is 6.30. The first kappa shape index (κ1) is 13.0. The lowest BCUT2D eigenvalue weighted by Gasteiger charge is -2.30. The van der Waals surface area contributed by atoms with Crippen LogP contribution >= 0.6 is 0 Å². The van der Waals surface area contributed by atoms with Gasteiger partial charge < -0.3 is 20.1 Å². The molecule has 0 radical (unpaired) electrons. The summed E-state index contributed by atoms with van der Waals surface area (Å²) in [4.78, 5) is 22.7. The fourth-order valence-corrected chi connectivity index (χ4v) is 2.35. The third kappa shape index (κ3) is 3.27. The van der Waals surface area contributed by atoms with Crippen LogP contribution in [-0.4, -0.2) is 36.0 Å². The van der Waals surface area contributed by atoms with Crippen molar-refractivity contribution in [2.24, 2.45) is 0 Å². The van der Waals surface area contributed by atoms with E-state index in [1.807, 2.05) is 20.8 Å². The van der Waals surface area contributed by atoms with Crippen LogP contribution in [0.2, 0.25) is 0 Å². The Morgan fingerprint density at radius 1 is 1.44 bits per heavy atom. The van der Waals surface area contributed by atoms with Gasteiger partial charge in [-0.15, -0.1) is 0 Å². The molecule has 6 nitrogen and oxygen atoms in total. The molecular weight excluding hydrogens is 236 g/mol. The van der Waals surface area contributed by atoms with E-state index in [1.54, 1.807) is 0 Å². The molecule has 1 aliphatic carbocycles. The standard InChI is InChI=1S/C12H20N2O4/c1-12(2,3)18-11(16)13-7-4-5-8-9(6-7)17-10(15)14-8/h7-9H,4-6H2,1-3H3,(H,13,16)(H,14,15)/t7-,8-,9+/m0/s1. The Morgan fingerprint density at radius 2 is 2.17 bits per heavy atom. The van der Waals surface area contributed by atoms with Crippen molar-refractivity contribution in [3.63, 3.8) is 0 Å². The van der Waals surface area contributed by atoms with Crippen molar-refractivity contribution < 1.29 is 19.1 Å². The average Bonchev–Trinajstić information content (AvgIpc) is 2.53. The van der Waals surface area contributed by atoms with Crippen LogP contribution in [0.3, 0.4) is 0 Å². The zero-order valence-electron chi connectivity index (χ0n) is 11.0. The second kappa shape index (κ2) is 4.66. The maximum Gasteiger partial charge on any atom is 0.407 e. The lowest BCUT2D eigenvalue weighted by Crippen LogP contribution is -2.47. The molecule has 1 aliphatic heterocycles. The van der Waals surface area contributed by atoms with E-state index in [0.717, 1.165) is 12.8 Å². The molecule has 0 aromatic rings. The molecule has 0 aromatic carbocycles. The number of alkyl carbamates (subject to hydrolysis) is 2. The van der Waals surface area contributed by atoms with E-state index >= 15 is 0 Å². The Bertz CT molecular complexity index is 350. The van der Waals surface area contributed by atoms with Crippen LogP contribution in [0, 0.1) is 0 Å². The maximum absolute atomic E-state index is 11.6. The smallest absolute Gasteiger partial charge is 0.407 e. The molecule has 2 amide bonds. The van der Waals surface area contributed by atoms with Crippen molar-refractivity contribution in [2.45, 2.75) is 63.8 Å². The Labute approximate surface area is 106 Å². The second-order valence-electron chi connectivity index (χ2n) is 5.85. The topological polar surface area (TPSA) is 76.7 Å². The number of carbonyl (C=O) groups excluding carboxylic acids is 2. The zero-order chi connectivity index (χ0) is 13.3. The molecule has 2 N–H and O–H groups in total. The van der Waals surface area contributed by atoms with E-state index < -0.39 is 11.7 Å². The molecule has 102 valence electrons. The summed E-state index contributed by atoms with van der Waals surface area (Å²) in [6.45, 7) is 5.48. The van der Waals surface area contributed by atoms with Crippen LogP contribution in [0.25, 0.3) is 0 Å². The maximum atomic E-state index is 11.6. The van der Waals surface area contributed by atoms with Crippen LogP contribution in [0.4, 0.5) is 9.59 Å². The molecule has 0 bridgehead atoms. The quantitative estimate of drug-likeness (QED) is 0.746. The van der Waals surface area contributed by atoms with Crippen molar-refractivity contribution in [2.75, 3.05) is 0 Å². The Morgan fingerprint density at radius 3 is 2.83 bits per heavy atom. The van der Waals surface area contributed by atoms with E-state index in [2.05, 4.69) is 10.6 Å². The molecule has 6 heteroatoms. The van der Waals surface area contributed by atoms with Gasteiger partial charge in [-0.25, -0.2) is 9.59 Å². The first-order valence-electron chi connectivity index (χ1n) is 6.30. The van der Waals surface area contributed by atoms with Gasteiger partial charge in [0.1, 0.15) is 11.7 Å². The monoisotopic (exact) mass is 256 g/mol. The van der Waals surface area contributed by atoms with Crippen LogP contribution in [0.1, 0.15) is 40.0 Å². The highest BCUT2D eigenvalue weighted by Gasteiger charge is 2.39. The fourth-order valence-electron chi connectivity index (χ4n) is 2.35. The number of ether oxygens (including phenoxy) is 2. The van der Waals surface area contributed by atoms with E-state index in [0.29, 0.717) is 6.42 Å². The first-order chi connectivity index (χ1) is 8.33. The summed E-state index contributed by atoms with van der Waals surface area (Å²) < 4.78 is 10.3. The summed E-state index contributed by atoms with van der Waals surface area (Å²) >= 11 is 0. The van der Waals surface area contributed by atoms with Gasteiger partial charge in [0.25, 0.3) is 0 Å². The number of hydrogen-bond acceptors (Lipinski definition) is 4. The summed E-state index contributed by atoms with van der Waals surface area (Å²) in [5.41, 5.74) is -0.497. The predicted octanol–water partition coefficient (Wildman–Crippen LogP) is 1.54. The van der Waals surface area contributed by atoms with Crippen LogP contribution in [0.5, 0.6) is 0 Å². The summed E-state index contributed by atoms with van der Waals surface area (Å²) in [6, 6.07) is 0.1000. The molecule has 1 heterocycles. The highest BCUT2D eigenvalue weighted by Crippen LogP contribution is 2.26. The third-order valence-electron chi connectivity index (χ3n) is 3.07. The van der Waals surface area contributed by atoms with Gasteiger partial charge in [-0.1, -0.05) is 0 Å². The van der Waals surface area contributed by atoms with Crippen molar-refractivity contribution in [3.05, 3.63) is 0 Å². The lowest BCUT2D eigenvalue weighted by molar-refractivity contribution is 0.0453. The van der Waals surface area contributed by atoms with Gasteiger partial charge in [-0.2, -0.15) is 0 Å². The van der Waals surface area contributed by atoms with Crippen LogP contribution in [-0.2, 0) is 9.47 Å². The van der Waals surface area contributed by atoms with Gasteiger partial charge in [0.15, 0.2) is 0 Å². The van der Waals surface area contributed by atoms with Gasteiger partial charge in [0.05, 0.1) is 6.04 Å². The largest absolute Gasteiger partial charge is 0.444 e.